The molecule has 1 aliphatic rings. The molecule has 2 rings (SSSR count). The van der Waals surface area contributed by atoms with Gasteiger partial charge >= 0.3 is 18.0 Å². The van der Waals surface area contributed by atoms with Crippen molar-refractivity contribution in [3.05, 3.63) is 47.7 Å². The first-order valence-electron chi connectivity index (χ1n) is 8.65. The maximum absolute atomic E-state index is 12.1. The van der Waals surface area contributed by atoms with Gasteiger partial charge in [0.15, 0.2) is 0 Å². The van der Waals surface area contributed by atoms with Gasteiger partial charge in [-0.05, 0) is 29.4 Å². The van der Waals surface area contributed by atoms with Crippen LogP contribution in [0.25, 0.3) is 0 Å². The minimum atomic E-state index is -0.753. The van der Waals surface area contributed by atoms with Crippen LogP contribution in [-0.2, 0) is 30.4 Å². The molecule has 1 saturated carbocycles. The molecular formula is C20H25NO6. The Hall–Kier alpha value is -2.83. The van der Waals surface area contributed by atoms with Crippen LogP contribution in [0.1, 0.15) is 25.8 Å². The van der Waals surface area contributed by atoms with Crippen LogP contribution in [-0.4, -0.2) is 32.3 Å². The molecule has 1 aromatic carbocycles. The summed E-state index contributed by atoms with van der Waals surface area (Å²) in [4.78, 5) is 35.9. The number of esters is 2. The number of carbonyl (C=O) groups is 3. The summed E-state index contributed by atoms with van der Waals surface area (Å²) in [6.07, 6.45) is 1.40. The summed E-state index contributed by atoms with van der Waals surface area (Å²) < 4.78 is 14.7. The molecule has 1 N–H and O–H groups in total. The maximum atomic E-state index is 12.1. The number of benzene rings is 1. The minimum absolute atomic E-state index is 0.00282. The summed E-state index contributed by atoms with van der Waals surface area (Å²) >= 11 is 0. The van der Waals surface area contributed by atoms with Crippen molar-refractivity contribution in [3.63, 3.8) is 0 Å². The van der Waals surface area contributed by atoms with E-state index in [1.54, 1.807) is 6.08 Å². The Morgan fingerprint density at radius 2 is 1.81 bits per heavy atom. The highest BCUT2D eigenvalue weighted by molar-refractivity contribution is 5.92. The van der Waals surface area contributed by atoms with E-state index in [9.17, 15) is 14.4 Å². The van der Waals surface area contributed by atoms with E-state index in [-0.39, 0.29) is 30.1 Å². The predicted molar refractivity (Wildman–Crippen MR) is 97.3 cm³/mol. The number of alkyl carbamates (subject to hydrolysis) is 1. The van der Waals surface area contributed by atoms with Gasteiger partial charge in [0.05, 0.1) is 20.1 Å². The number of rotatable bonds is 6. The number of hydrogen-bond donors (Lipinski definition) is 1. The van der Waals surface area contributed by atoms with Crippen molar-refractivity contribution in [1.29, 1.82) is 0 Å². The number of ether oxygens (including phenoxy) is 3. The average Bonchev–Trinajstić information content (AvgIpc) is 2.67. The first-order chi connectivity index (χ1) is 12.8. The largest absolute Gasteiger partial charge is 0.469 e. The third-order valence-electron chi connectivity index (χ3n) is 5.05. The van der Waals surface area contributed by atoms with Gasteiger partial charge in [0.1, 0.15) is 12.3 Å². The van der Waals surface area contributed by atoms with Crippen molar-refractivity contribution in [2.45, 2.75) is 26.9 Å². The van der Waals surface area contributed by atoms with E-state index in [1.807, 2.05) is 44.2 Å². The topological polar surface area (TPSA) is 90.9 Å². The third-order valence-corrected chi connectivity index (χ3v) is 5.05. The molecule has 0 bridgehead atoms. The zero-order valence-corrected chi connectivity index (χ0v) is 16.0. The molecule has 1 fully saturated rings. The molecule has 0 aromatic heterocycles. The summed E-state index contributed by atoms with van der Waals surface area (Å²) in [7, 11) is 2.59. The van der Waals surface area contributed by atoms with Crippen LogP contribution in [0.3, 0.4) is 0 Å². The molecule has 0 heterocycles. The smallest absolute Gasteiger partial charge is 0.412 e. The zero-order valence-electron chi connectivity index (χ0n) is 16.0. The summed E-state index contributed by atoms with van der Waals surface area (Å²) in [5.41, 5.74) is 0.427. The van der Waals surface area contributed by atoms with E-state index < -0.39 is 17.5 Å². The molecule has 146 valence electrons. The van der Waals surface area contributed by atoms with Gasteiger partial charge in [0.2, 0.25) is 0 Å². The lowest BCUT2D eigenvalue weighted by Gasteiger charge is -2.49. The average molecular weight is 375 g/mol. The van der Waals surface area contributed by atoms with E-state index in [4.69, 9.17) is 14.2 Å². The molecule has 27 heavy (non-hydrogen) atoms. The van der Waals surface area contributed by atoms with E-state index in [2.05, 4.69) is 5.32 Å². The van der Waals surface area contributed by atoms with Crippen LogP contribution in [0, 0.1) is 17.3 Å². The van der Waals surface area contributed by atoms with Gasteiger partial charge in [-0.1, -0.05) is 44.2 Å². The highest BCUT2D eigenvalue weighted by Gasteiger charge is 2.51. The molecule has 0 radical (unpaired) electrons. The van der Waals surface area contributed by atoms with Crippen molar-refractivity contribution in [1.82, 2.24) is 5.32 Å². The summed E-state index contributed by atoms with van der Waals surface area (Å²) in [5, 5.41) is 2.44. The van der Waals surface area contributed by atoms with Crippen LogP contribution >= 0.6 is 0 Å². The second-order valence-corrected chi connectivity index (χ2v) is 7.00. The monoisotopic (exact) mass is 375 g/mol. The molecule has 0 spiro atoms. The standard InChI is InChI=1S/C20H25NO6/c1-20(2)14(10-15(20)17(22)25-3)11-16(18(23)26-4)21-19(24)27-12-13-8-6-5-7-9-13/h5-9,11,14-15H,10,12H2,1-4H3,(H,21,24)/b16-11-/t14-,15+/m0/s1. The van der Waals surface area contributed by atoms with Crippen molar-refractivity contribution in [2.75, 3.05) is 14.2 Å². The van der Waals surface area contributed by atoms with Crippen molar-refractivity contribution >= 4 is 18.0 Å². The quantitative estimate of drug-likeness (QED) is 0.467. The first-order valence-corrected chi connectivity index (χ1v) is 8.65. The van der Waals surface area contributed by atoms with E-state index in [0.29, 0.717) is 6.42 Å². The molecule has 1 amide bonds. The van der Waals surface area contributed by atoms with Gasteiger partial charge in [-0.25, -0.2) is 9.59 Å². The fourth-order valence-corrected chi connectivity index (χ4v) is 3.13. The lowest BCUT2D eigenvalue weighted by atomic mass is 9.54. The SMILES string of the molecule is COC(=O)/C(=C/[C@@H]1C[C@H](C(=O)OC)C1(C)C)NC(=O)OCc1ccccc1. The van der Waals surface area contributed by atoms with Crippen molar-refractivity contribution < 1.29 is 28.6 Å². The molecule has 1 aromatic rings. The minimum Gasteiger partial charge on any atom is -0.469 e. The Kier molecular flexibility index (Phi) is 6.60. The van der Waals surface area contributed by atoms with Crippen LogP contribution < -0.4 is 5.32 Å². The van der Waals surface area contributed by atoms with Crippen LogP contribution in [0.5, 0.6) is 0 Å². The van der Waals surface area contributed by atoms with Crippen LogP contribution in [0.2, 0.25) is 0 Å². The number of allylic oxidation sites excluding steroid dienone is 1. The molecule has 1 aliphatic carbocycles. The van der Waals surface area contributed by atoms with E-state index >= 15 is 0 Å². The van der Waals surface area contributed by atoms with Gasteiger partial charge in [0.25, 0.3) is 0 Å². The second kappa shape index (κ2) is 8.70. The molecule has 7 heteroatoms. The summed E-state index contributed by atoms with van der Waals surface area (Å²) in [6, 6.07) is 9.20. The van der Waals surface area contributed by atoms with E-state index in [0.717, 1.165) is 5.56 Å². The Bertz CT molecular complexity index is 725. The van der Waals surface area contributed by atoms with Gasteiger partial charge in [0, 0.05) is 0 Å². The van der Waals surface area contributed by atoms with Gasteiger partial charge < -0.3 is 14.2 Å². The number of nitrogens with one attached hydrogen (secondary N) is 1. The lowest BCUT2D eigenvalue weighted by molar-refractivity contribution is -0.159. The molecule has 0 unspecified atom stereocenters. The second-order valence-electron chi connectivity index (χ2n) is 7.00. The number of amides is 1. The molecule has 2 atom stereocenters. The fourth-order valence-electron chi connectivity index (χ4n) is 3.13. The molecule has 0 saturated heterocycles. The highest BCUT2D eigenvalue weighted by Crippen LogP contribution is 2.52. The molecular weight excluding hydrogens is 350 g/mol. The zero-order chi connectivity index (χ0) is 20.0. The number of hydrogen-bond acceptors (Lipinski definition) is 6. The van der Waals surface area contributed by atoms with E-state index in [1.165, 1.54) is 14.2 Å². The number of carbonyl (C=O) groups excluding carboxylic acids is 3. The van der Waals surface area contributed by atoms with Crippen LogP contribution in [0.15, 0.2) is 42.1 Å². The van der Waals surface area contributed by atoms with Crippen molar-refractivity contribution in [2.24, 2.45) is 17.3 Å². The van der Waals surface area contributed by atoms with Crippen molar-refractivity contribution in [3.8, 4) is 0 Å². The molecule has 0 aliphatic heterocycles. The van der Waals surface area contributed by atoms with Gasteiger partial charge in [-0.3, -0.25) is 10.1 Å². The lowest BCUT2D eigenvalue weighted by Crippen LogP contribution is -2.49. The highest BCUT2D eigenvalue weighted by atomic mass is 16.6. The van der Waals surface area contributed by atoms with Gasteiger partial charge in [-0.2, -0.15) is 0 Å². The first kappa shape index (κ1) is 20.5. The Balaban J connectivity index is 2.03. The Morgan fingerprint density at radius 1 is 1.15 bits per heavy atom. The summed E-state index contributed by atoms with van der Waals surface area (Å²) in [6.45, 7) is 3.92. The fraction of sp³-hybridized carbons (Fsp3) is 0.450. The Labute approximate surface area is 158 Å². The molecule has 7 nitrogen and oxygen atoms in total. The Morgan fingerprint density at radius 3 is 2.37 bits per heavy atom. The third kappa shape index (κ3) is 4.87. The van der Waals surface area contributed by atoms with Gasteiger partial charge in [-0.15, -0.1) is 0 Å². The predicted octanol–water partition coefficient (Wildman–Crippen LogP) is 2.81. The maximum Gasteiger partial charge on any atom is 0.412 e. The number of methoxy groups -OCH3 is 2. The summed E-state index contributed by atoms with van der Waals surface area (Å²) in [5.74, 6) is -1.30. The normalized spacial score (nSPS) is 20.8. The van der Waals surface area contributed by atoms with Crippen LogP contribution in [0.4, 0.5) is 4.79 Å².